The van der Waals surface area contributed by atoms with Gasteiger partial charge in [-0.15, -0.1) is 0 Å². The maximum absolute atomic E-state index is 13.3. The largest absolute Gasteiger partial charge is 0.339 e. The van der Waals surface area contributed by atoms with Crippen molar-refractivity contribution in [2.75, 3.05) is 0 Å². The highest BCUT2D eigenvalue weighted by Gasteiger charge is 2.31. The number of hydrogen-bond acceptors (Lipinski definition) is 4. The number of hydrogen-bond donors (Lipinski definition) is 1. The van der Waals surface area contributed by atoms with Gasteiger partial charge in [0.25, 0.3) is 0 Å². The summed E-state index contributed by atoms with van der Waals surface area (Å²) in [5, 5.41) is 3.97. The van der Waals surface area contributed by atoms with E-state index in [-0.39, 0.29) is 11.4 Å². The van der Waals surface area contributed by atoms with Gasteiger partial charge in [0.1, 0.15) is 5.82 Å². The molecular weight excluding hydrogens is 257 g/mol. The molecule has 106 valence electrons. The van der Waals surface area contributed by atoms with E-state index in [1.807, 2.05) is 0 Å². The molecule has 5 heteroatoms. The van der Waals surface area contributed by atoms with Gasteiger partial charge < -0.3 is 10.3 Å². The van der Waals surface area contributed by atoms with Gasteiger partial charge >= 0.3 is 0 Å². The summed E-state index contributed by atoms with van der Waals surface area (Å²) >= 11 is 0. The van der Waals surface area contributed by atoms with Crippen molar-refractivity contribution in [1.82, 2.24) is 10.1 Å². The first-order valence-corrected chi connectivity index (χ1v) is 6.94. The molecule has 0 radical (unpaired) electrons. The summed E-state index contributed by atoms with van der Waals surface area (Å²) in [5.74, 6) is 0.820. The van der Waals surface area contributed by atoms with Gasteiger partial charge in [0.05, 0.1) is 0 Å². The molecule has 0 aliphatic heterocycles. The highest BCUT2D eigenvalue weighted by Crippen LogP contribution is 2.30. The third-order valence-corrected chi connectivity index (χ3v) is 3.99. The quantitative estimate of drug-likeness (QED) is 0.935. The molecule has 1 fully saturated rings. The second kappa shape index (κ2) is 4.98. The van der Waals surface area contributed by atoms with E-state index in [1.54, 1.807) is 19.1 Å². The van der Waals surface area contributed by atoms with E-state index in [9.17, 15) is 4.39 Å². The molecule has 0 saturated heterocycles. The molecule has 1 heterocycles. The zero-order valence-corrected chi connectivity index (χ0v) is 11.5. The van der Waals surface area contributed by atoms with Crippen molar-refractivity contribution < 1.29 is 8.91 Å². The molecule has 20 heavy (non-hydrogen) atoms. The second-order valence-corrected chi connectivity index (χ2v) is 5.72. The van der Waals surface area contributed by atoms with Crippen LogP contribution in [0.4, 0.5) is 4.39 Å². The second-order valence-electron chi connectivity index (χ2n) is 5.72. The molecule has 1 aliphatic carbocycles. The van der Waals surface area contributed by atoms with Gasteiger partial charge in [-0.3, -0.25) is 0 Å². The number of rotatable bonds is 3. The Kier molecular flexibility index (Phi) is 3.30. The van der Waals surface area contributed by atoms with E-state index in [0.29, 0.717) is 23.7 Å². The monoisotopic (exact) mass is 275 g/mol. The van der Waals surface area contributed by atoms with Crippen LogP contribution in [-0.2, 0) is 6.42 Å². The lowest BCUT2D eigenvalue weighted by molar-refractivity contribution is 0.329. The predicted octanol–water partition coefficient (Wildman–Crippen LogP) is 3.00. The van der Waals surface area contributed by atoms with Gasteiger partial charge in [-0.2, -0.15) is 4.98 Å². The Labute approximate surface area is 117 Å². The van der Waals surface area contributed by atoms with E-state index in [2.05, 4.69) is 10.1 Å². The molecule has 0 amide bonds. The smallest absolute Gasteiger partial charge is 0.228 e. The van der Waals surface area contributed by atoms with Crippen LogP contribution in [0, 0.1) is 12.7 Å². The number of aromatic nitrogens is 2. The minimum Gasteiger partial charge on any atom is -0.339 e. The van der Waals surface area contributed by atoms with Gasteiger partial charge in [0.2, 0.25) is 11.7 Å². The van der Waals surface area contributed by atoms with Crippen LogP contribution in [0.3, 0.4) is 0 Å². The first-order valence-electron chi connectivity index (χ1n) is 6.94. The van der Waals surface area contributed by atoms with E-state index < -0.39 is 0 Å². The van der Waals surface area contributed by atoms with Crippen LogP contribution < -0.4 is 5.73 Å². The van der Waals surface area contributed by atoms with Crippen LogP contribution in [0.25, 0.3) is 11.4 Å². The van der Waals surface area contributed by atoms with Gasteiger partial charge in [-0.05, 0) is 43.5 Å². The highest BCUT2D eigenvalue weighted by molar-refractivity contribution is 5.55. The van der Waals surface area contributed by atoms with Crippen molar-refractivity contribution in [3.8, 4) is 11.4 Å². The van der Waals surface area contributed by atoms with Crippen LogP contribution in [0.5, 0.6) is 0 Å². The molecule has 0 atom stereocenters. The lowest BCUT2D eigenvalue weighted by Gasteiger charge is -2.20. The van der Waals surface area contributed by atoms with Gasteiger partial charge in [0.15, 0.2) is 0 Å². The molecule has 1 aliphatic rings. The summed E-state index contributed by atoms with van der Waals surface area (Å²) in [5.41, 5.74) is 7.43. The lowest BCUT2D eigenvalue weighted by Crippen LogP contribution is -2.38. The van der Waals surface area contributed by atoms with Crippen molar-refractivity contribution in [2.45, 2.75) is 44.6 Å². The molecular formula is C15H18FN3O. The van der Waals surface area contributed by atoms with E-state index >= 15 is 0 Å². The van der Waals surface area contributed by atoms with E-state index in [0.717, 1.165) is 31.2 Å². The Morgan fingerprint density at radius 1 is 1.35 bits per heavy atom. The number of aryl methyl sites for hydroxylation is 1. The fraction of sp³-hybridized carbons (Fsp3) is 0.467. The highest BCUT2D eigenvalue weighted by atomic mass is 19.1. The van der Waals surface area contributed by atoms with Crippen molar-refractivity contribution >= 4 is 0 Å². The maximum atomic E-state index is 13.3. The first kappa shape index (κ1) is 13.2. The van der Waals surface area contributed by atoms with E-state index in [4.69, 9.17) is 10.3 Å². The van der Waals surface area contributed by atoms with Gasteiger partial charge in [-0.25, -0.2) is 4.39 Å². The summed E-state index contributed by atoms with van der Waals surface area (Å²) in [6.07, 6.45) is 4.93. The summed E-state index contributed by atoms with van der Waals surface area (Å²) < 4.78 is 18.5. The molecule has 4 nitrogen and oxygen atoms in total. The van der Waals surface area contributed by atoms with E-state index in [1.165, 1.54) is 6.07 Å². The molecule has 1 aromatic carbocycles. The van der Waals surface area contributed by atoms with Crippen LogP contribution in [-0.4, -0.2) is 15.7 Å². The summed E-state index contributed by atoms with van der Waals surface area (Å²) in [6.45, 7) is 1.72. The molecule has 0 bridgehead atoms. The van der Waals surface area contributed by atoms with Crippen molar-refractivity contribution in [1.29, 1.82) is 0 Å². The van der Waals surface area contributed by atoms with Crippen molar-refractivity contribution in [2.24, 2.45) is 5.73 Å². The average Bonchev–Trinajstić information content (AvgIpc) is 3.03. The minimum atomic E-state index is -0.232. The van der Waals surface area contributed by atoms with Crippen LogP contribution in [0.2, 0.25) is 0 Å². The van der Waals surface area contributed by atoms with Crippen LogP contribution in [0.15, 0.2) is 22.7 Å². The SMILES string of the molecule is Cc1cc(-c2noc(CC3(N)CCCC3)n2)ccc1F. The van der Waals surface area contributed by atoms with Gasteiger partial charge in [-0.1, -0.05) is 18.0 Å². The number of nitrogens with two attached hydrogens (primary N) is 1. The number of benzene rings is 1. The maximum Gasteiger partial charge on any atom is 0.228 e. The fourth-order valence-corrected chi connectivity index (χ4v) is 2.78. The Balaban J connectivity index is 1.81. The van der Waals surface area contributed by atoms with Crippen molar-refractivity contribution in [3.05, 3.63) is 35.5 Å². The normalized spacial score (nSPS) is 17.6. The minimum absolute atomic E-state index is 0.206. The summed E-state index contributed by atoms with van der Waals surface area (Å²) in [4.78, 5) is 4.38. The Morgan fingerprint density at radius 2 is 2.10 bits per heavy atom. The molecule has 2 aromatic rings. The zero-order valence-electron chi connectivity index (χ0n) is 11.5. The fourth-order valence-electron chi connectivity index (χ4n) is 2.78. The Hall–Kier alpha value is -1.75. The summed E-state index contributed by atoms with van der Waals surface area (Å²) in [7, 11) is 0. The van der Waals surface area contributed by atoms with Crippen molar-refractivity contribution in [3.63, 3.8) is 0 Å². The Morgan fingerprint density at radius 3 is 2.80 bits per heavy atom. The molecule has 1 aromatic heterocycles. The lowest BCUT2D eigenvalue weighted by atomic mass is 9.95. The molecule has 3 rings (SSSR count). The summed E-state index contributed by atoms with van der Waals surface area (Å²) in [6, 6.07) is 4.80. The molecule has 2 N–H and O–H groups in total. The number of halogens is 1. The molecule has 0 unspecified atom stereocenters. The number of nitrogens with zero attached hydrogens (tertiary/aromatic N) is 2. The third kappa shape index (κ3) is 2.58. The standard InChI is InChI=1S/C15H18FN3O/c1-10-8-11(4-5-12(10)16)14-18-13(20-19-14)9-15(17)6-2-3-7-15/h4-5,8H,2-3,6-7,9,17H2,1H3. The molecule has 0 spiro atoms. The predicted molar refractivity (Wildman–Crippen MR) is 73.5 cm³/mol. The third-order valence-electron chi connectivity index (χ3n) is 3.99. The average molecular weight is 275 g/mol. The van der Waals surface area contributed by atoms with Gasteiger partial charge in [0, 0.05) is 17.5 Å². The zero-order chi connectivity index (χ0) is 14.2. The van der Waals surface area contributed by atoms with Crippen LogP contribution in [0.1, 0.15) is 37.1 Å². The van der Waals surface area contributed by atoms with Crippen LogP contribution >= 0.6 is 0 Å². The topological polar surface area (TPSA) is 64.9 Å². The molecule has 1 saturated carbocycles. The first-order chi connectivity index (χ1) is 9.56. The Bertz CT molecular complexity index is 617.